The van der Waals surface area contributed by atoms with Gasteiger partial charge in [-0.25, -0.2) is 0 Å². The highest BCUT2D eigenvalue weighted by molar-refractivity contribution is 6.35. The van der Waals surface area contributed by atoms with Gasteiger partial charge >= 0.3 is 0 Å². The van der Waals surface area contributed by atoms with Gasteiger partial charge in [0.25, 0.3) is 0 Å². The largest absolute Gasteiger partial charge is 0.352 e. The molecule has 40 heavy (non-hydrogen) atoms. The second kappa shape index (κ2) is 14.7. The van der Waals surface area contributed by atoms with Gasteiger partial charge in [0, 0.05) is 35.5 Å². The highest BCUT2D eigenvalue weighted by atomic mass is 35.5. The number of carbonyl (C=O) groups excluding carboxylic acids is 2. The average molecular weight is 580 g/mol. The van der Waals surface area contributed by atoms with E-state index in [9.17, 15) is 9.59 Å². The van der Waals surface area contributed by atoms with Crippen molar-refractivity contribution in [1.29, 1.82) is 0 Å². The van der Waals surface area contributed by atoms with Crippen molar-refractivity contribution in [2.45, 2.75) is 89.8 Å². The van der Waals surface area contributed by atoms with Crippen molar-refractivity contribution in [3.63, 3.8) is 0 Å². The summed E-state index contributed by atoms with van der Waals surface area (Å²) in [5.74, 6) is 0.283. The second-order valence-electron chi connectivity index (χ2n) is 11.2. The smallest absolute Gasteiger partial charge is 0.243 e. The van der Waals surface area contributed by atoms with Gasteiger partial charge in [-0.1, -0.05) is 117 Å². The summed E-state index contributed by atoms with van der Waals surface area (Å²) in [5, 5.41) is 4.31. The molecule has 6 heteroatoms. The molecular formula is C34H40Cl2N2O2. The van der Waals surface area contributed by atoms with Gasteiger partial charge in [0.1, 0.15) is 6.04 Å². The standard InChI is InChI=1S/C34H40Cl2N2O2/c1-24(2)27-16-13-25(14-17-27)15-20-33(39)38(23-28-18-19-29(35)22-31(28)36)32(21-26-9-5-3-6-10-26)34(40)37-30-11-7-4-8-12-30/h3,5-6,9-10,13-14,16-19,22,24,30,32H,4,7-8,11-12,15,20-21,23H2,1-2H3,(H,37,40)/t32-/m0/s1. The molecule has 0 saturated heterocycles. The maximum Gasteiger partial charge on any atom is 0.243 e. The van der Waals surface area contributed by atoms with Crippen LogP contribution in [-0.2, 0) is 29.0 Å². The first-order chi connectivity index (χ1) is 19.3. The molecule has 1 atom stereocenters. The van der Waals surface area contributed by atoms with E-state index in [0.29, 0.717) is 35.2 Å². The first-order valence-electron chi connectivity index (χ1n) is 14.5. The molecule has 0 unspecified atom stereocenters. The molecule has 3 aromatic rings. The quantitative estimate of drug-likeness (QED) is 0.249. The van der Waals surface area contributed by atoms with Crippen LogP contribution in [-0.4, -0.2) is 28.8 Å². The van der Waals surface area contributed by atoms with Crippen molar-refractivity contribution in [1.82, 2.24) is 10.2 Å². The molecule has 4 rings (SSSR count). The third kappa shape index (κ3) is 8.59. The topological polar surface area (TPSA) is 49.4 Å². The monoisotopic (exact) mass is 578 g/mol. The minimum atomic E-state index is -0.660. The van der Waals surface area contributed by atoms with E-state index in [4.69, 9.17) is 23.2 Å². The third-order valence-corrected chi connectivity index (χ3v) is 8.44. The number of nitrogens with zero attached hydrogens (tertiary/aromatic N) is 1. The van der Waals surface area contributed by atoms with E-state index < -0.39 is 6.04 Å². The van der Waals surface area contributed by atoms with Crippen LogP contribution in [0.2, 0.25) is 10.0 Å². The van der Waals surface area contributed by atoms with Crippen molar-refractivity contribution in [2.24, 2.45) is 0 Å². The first-order valence-corrected chi connectivity index (χ1v) is 15.2. The van der Waals surface area contributed by atoms with Gasteiger partial charge in [-0.3, -0.25) is 9.59 Å². The molecule has 212 valence electrons. The molecule has 0 aliphatic heterocycles. The van der Waals surface area contributed by atoms with Gasteiger partial charge in [-0.15, -0.1) is 0 Å². The van der Waals surface area contributed by atoms with Crippen LogP contribution in [0.25, 0.3) is 0 Å². The Labute approximate surface area is 249 Å². The van der Waals surface area contributed by atoms with Crippen LogP contribution in [0.4, 0.5) is 0 Å². The molecule has 1 aliphatic rings. The molecule has 0 bridgehead atoms. The van der Waals surface area contributed by atoms with Crippen LogP contribution in [0.5, 0.6) is 0 Å². The molecule has 0 radical (unpaired) electrons. The molecule has 1 aliphatic carbocycles. The fourth-order valence-electron chi connectivity index (χ4n) is 5.40. The normalized spacial score (nSPS) is 14.6. The lowest BCUT2D eigenvalue weighted by atomic mass is 9.94. The van der Waals surface area contributed by atoms with Crippen molar-refractivity contribution in [3.8, 4) is 0 Å². The van der Waals surface area contributed by atoms with Gasteiger partial charge in [0.15, 0.2) is 0 Å². The Morgan fingerprint density at radius 2 is 1.60 bits per heavy atom. The van der Waals surface area contributed by atoms with E-state index in [1.165, 1.54) is 12.0 Å². The minimum Gasteiger partial charge on any atom is -0.352 e. The summed E-state index contributed by atoms with van der Waals surface area (Å²) in [6, 6.07) is 23.2. The number of benzene rings is 3. The Hall–Kier alpha value is -2.82. The molecule has 3 aromatic carbocycles. The zero-order valence-electron chi connectivity index (χ0n) is 23.5. The number of nitrogens with one attached hydrogen (secondary N) is 1. The predicted octanol–water partition coefficient (Wildman–Crippen LogP) is 8.14. The summed E-state index contributed by atoms with van der Waals surface area (Å²) in [7, 11) is 0. The maximum atomic E-state index is 14.0. The van der Waals surface area contributed by atoms with Crippen LogP contribution in [0.3, 0.4) is 0 Å². The van der Waals surface area contributed by atoms with E-state index in [2.05, 4.69) is 43.4 Å². The lowest BCUT2D eigenvalue weighted by Gasteiger charge is -2.34. The van der Waals surface area contributed by atoms with Gasteiger partial charge in [-0.05, 0) is 59.6 Å². The van der Waals surface area contributed by atoms with E-state index in [-0.39, 0.29) is 24.4 Å². The molecule has 0 heterocycles. The molecule has 2 amide bonds. The van der Waals surface area contributed by atoms with Gasteiger partial charge in [0.05, 0.1) is 0 Å². The summed E-state index contributed by atoms with van der Waals surface area (Å²) in [4.78, 5) is 29.6. The SMILES string of the molecule is CC(C)c1ccc(CCC(=O)N(Cc2ccc(Cl)cc2Cl)[C@@H](Cc2ccccc2)C(=O)NC2CCCCC2)cc1. The van der Waals surface area contributed by atoms with E-state index in [0.717, 1.165) is 42.4 Å². The molecule has 0 spiro atoms. The number of hydrogen-bond acceptors (Lipinski definition) is 2. The van der Waals surface area contributed by atoms with Crippen molar-refractivity contribution in [3.05, 3.63) is 105 Å². The van der Waals surface area contributed by atoms with Crippen LogP contribution in [0, 0.1) is 0 Å². The zero-order chi connectivity index (χ0) is 28.5. The van der Waals surface area contributed by atoms with Gasteiger partial charge in [-0.2, -0.15) is 0 Å². The van der Waals surface area contributed by atoms with Crippen LogP contribution in [0.1, 0.15) is 80.5 Å². The predicted molar refractivity (Wildman–Crippen MR) is 165 cm³/mol. The average Bonchev–Trinajstić information content (AvgIpc) is 2.96. The molecule has 1 fully saturated rings. The van der Waals surface area contributed by atoms with Crippen molar-refractivity contribution in [2.75, 3.05) is 0 Å². The first kappa shape index (κ1) is 30.1. The molecular weight excluding hydrogens is 539 g/mol. The number of carbonyl (C=O) groups is 2. The summed E-state index contributed by atoms with van der Waals surface area (Å²) in [5.41, 5.74) is 4.16. The molecule has 0 aromatic heterocycles. The fraction of sp³-hybridized carbons (Fsp3) is 0.412. The highest BCUT2D eigenvalue weighted by Crippen LogP contribution is 2.25. The highest BCUT2D eigenvalue weighted by Gasteiger charge is 2.32. The van der Waals surface area contributed by atoms with Crippen LogP contribution < -0.4 is 5.32 Å². The van der Waals surface area contributed by atoms with E-state index in [1.807, 2.05) is 36.4 Å². The lowest BCUT2D eigenvalue weighted by molar-refractivity contribution is -0.141. The van der Waals surface area contributed by atoms with Crippen molar-refractivity contribution < 1.29 is 9.59 Å². The van der Waals surface area contributed by atoms with E-state index in [1.54, 1.807) is 17.0 Å². The number of hydrogen-bond donors (Lipinski definition) is 1. The number of aryl methyl sites for hydroxylation is 1. The van der Waals surface area contributed by atoms with Crippen LogP contribution >= 0.6 is 23.2 Å². The summed E-state index contributed by atoms with van der Waals surface area (Å²) in [6.45, 7) is 4.57. The Morgan fingerprint density at radius 1 is 0.900 bits per heavy atom. The molecule has 1 saturated carbocycles. The molecule has 1 N–H and O–H groups in total. The Morgan fingerprint density at radius 3 is 2.25 bits per heavy atom. The molecule has 4 nitrogen and oxygen atoms in total. The Balaban J connectivity index is 1.61. The number of rotatable bonds is 11. The fourth-order valence-corrected chi connectivity index (χ4v) is 5.86. The van der Waals surface area contributed by atoms with Gasteiger partial charge < -0.3 is 10.2 Å². The zero-order valence-corrected chi connectivity index (χ0v) is 25.1. The number of amides is 2. The summed E-state index contributed by atoms with van der Waals surface area (Å²) in [6.07, 6.45) is 6.73. The maximum absolute atomic E-state index is 14.0. The third-order valence-electron chi connectivity index (χ3n) is 7.85. The summed E-state index contributed by atoms with van der Waals surface area (Å²) < 4.78 is 0. The lowest BCUT2D eigenvalue weighted by Crippen LogP contribution is -2.53. The minimum absolute atomic E-state index is 0.0707. The Bertz CT molecular complexity index is 1250. The summed E-state index contributed by atoms with van der Waals surface area (Å²) >= 11 is 12.7. The Kier molecular flexibility index (Phi) is 11.1. The second-order valence-corrected chi connectivity index (χ2v) is 12.0. The van der Waals surface area contributed by atoms with Crippen LogP contribution in [0.15, 0.2) is 72.8 Å². The van der Waals surface area contributed by atoms with Crippen molar-refractivity contribution >= 4 is 35.0 Å². The van der Waals surface area contributed by atoms with Gasteiger partial charge in [0.2, 0.25) is 11.8 Å². The van der Waals surface area contributed by atoms with E-state index >= 15 is 0 Å². The number of halogens is 2.